The normalized spacial score (nSPS) is 20.2. The summed E-state index contributed by atoms with van der Waals surface area (Å²) in [5, 5.41) is 19.6. The molecule has 2 aliphatic rings. The third kappa shape index (κ3) is 2.51. The van der Waals surface area contributed by atoms with Crippen molar-refractivity contribution in [3.63, 3.8) is 0 Å². The van der Waals surface area contributed by atoms with Crippen molar-refractivity contribution < 1.29 is 14.8 Å². The number of non-ortho nitro benzene ring substituents is 1. The van der Waals surface area contributed by atoms with Crippen LogP contribution < -0.4 is 4.90 Å². The molecule has 2 saturated heterocycles. The maximum atomic E-state index is 10.8. The predicted octanol–water partition coefficient (Wildman–Crippen LogP) is 2.17. The van der Waals surface area contributed by atoms with Gasteiger partial charge in [0, 0.05) is 49.4 Å². The molecule has 21 heavy (non-hydrogen) atoms. The van der Waals surface area contributed by atoms with Gasteiger partial charge in [-0.05, 0) is 25.0 Å². The molecular weight excluding hydrogens is 274 g/mol. The maximum Gasteiger partial charge on any atom is 0.407 e. The summed E-state index contributed by atoms with van der Waals surface area (Å²) >= 11 is 0. The second-order valence-electron chi connectivity index (χ2n) is 5.90. The largest absolute Gasteiger partial charge is 0.465 e. The van der Waals surface area contributed by atoms with Gasteiger partial charge in [0.15, 0.2) is 0 Å². The number of piperidine rings is 1. The van der Waals surface area contributed by atoms with Gasteiger partial charge in [-0.15, -0.1) is 0 Å². The van der Waals surface area contributed by atoms with E-state index in [-0.39, 0.29) is 11.1 Å². The van der Waals surface area contributed by atoms with Crippen LogP contribution in [-0.4, -0.2) is 47.2 Å². The molecule has 0 bridgehead atoms. The van der Waals surface area contributed by atoms with Gasteiger partial charge in [-0.2, -0.15) is 0 Å². The first kappa shape index (κ1) is 13.7. The Morgan fingerprint density at radius 1 is 1.19 bits per heavy atom. The lowest BCUT2D eigenvalue weighted by atomic mass is 9.72. The van der Waals surface area contributed by atoms with E-state index >= 15 is 0 Å². The van der Waals surface area contributed by atoms with Crippen LogP contribution in [0.25, 0.3) is 0 Å². The smallest absolute Gasteiger partial charge is 0.407 e. The Balaban J connectivity index is 1.59. The van der Waals surface area contributed by atoms with Crippen molar-refractivity contribution in [2.24, 2.45) is 5.41 Å². The van der Waals surface area contributed by atoms with E-state index in [4.69, 9.17) is 5.11 Å². The number of amides is 1. The summed E-state index contributed by atoms with van der Waals surface area (Å²) in [5.41, 5.74) is 1.24. The number of carbonyl (C=O) groups is 1. The number of nitrogens with zero attached hydrogens (tertiary/aromatic N) is 3. The summed E-state index contributed by atoms with van der Waals surface area (Å²) in [4.78, 5) is 24.8. The Bertz CT molecular complexity index is 556. The Kier molecular flexibility index (Phi) is 3.19. The third-order valence-corrected chi connectivity index (χ3v) is 4.57. The van der Waals surface area contributed by atoms with E-state index in [1.165, 1.54) is 17.0 Å². The molecule has 7 heteroatoms. The van der Waals surface area contributed by atoms with Gasteiger partial charge < -0.3 is 14.9 Å². The fourth-order valence-corrected chi connectivity index (χ4v) is 3.24. The SMILES string of the molecule is O=C(O)N1CC2(CCN(c3ccc([N+](=O)[O-])cc3)CC2)C1. The topological polar surface area (TPSA) is 86.9 Å². The summed E-state index contributed by atoms with van der Waals surface area (Å²) in [6.07, 6.45) is 1.10. The second kappa shape index (κ2) is 4.91. The Morgan fingerprint density at radius 3 is 2.24 bits per heavy atom. The van der Waals surface area contributed by atoms with Crippen LogP contribution in [0, 0.1) is 15.5 Å². The number of carboxylic acid groups (broad SMARTS) is 1. The highest BCUT2D eigenvalue weighted by molar-refractivity contribution is 5.66. The standard InChI is InChI=1S/C14H17N3O4/c18-13(19)16-9-14(10-16)5-7-15(8-6-14)11-1-3-12(4-2-11)17(20)21/h1-4H,5-10H2,(H,18,19). The van der Waals surface area contributed by atoms with Crippen molar-refractivity contribution >= 4 is 17.5 Å². The third-order valence-electron chi connectivity index (χ3n) is 4.57. The van der Waals surface area contributed by atoms with Gasteiger partial charge in [0.05, 0.1) is 4.92 Å². The predicted molar refractivity (Wildman–Crippen MR) is 76.6 cm³/mol. The fraction of sp³-hybridized carbons (Fsp3) is 0.500. The maximum absolute atomic E-state index is 10.8. The lowest BCUT2D eigenvalue weighted by molar-refractivity contribution is -0.384. The quantitative estimate of drug-likeness (QED) is 0.666. The molecule has 0 unspecified atom stereocenters. The van der Waals surface area contributed by atoms with Crippen molar-refractivity contribution in [2.75, 3.05) is 31.1 Å². The van der Waals surface area contributed by atoms with Crippen molar-refractivity contribution in [2.45, 2.75) is 12.8 Å². The molecule has 3 rings (SSSR count). The Hall–Kier alpha value is -2.31. The molecule has 1 spiro atoms. The lowest BCUT2D eigenvalue weighted by Crippen LogP contribution is -2.61. The van der Waals surface area contributed by atoms with Crippen LogP contribution in [0.1, 0.15) is 12.8 Å². The molecule has 2 fully saturated rings. The van der Waals surface area contributed by atoms with Gasteiger partial charge >= 0.3 is 6.09 Å². The minimum atomic E-state index is -0.835. The summed E-state index contributed by atoms with van der Waals surface area (Å²) < 4.78 is 0. The first-order valence-electron chi connectivity index (χ1n) is 6.96. The molecule has 2 heterocycles. The van der Waals surface area contributed by atoms with Crippen molar-refractivity contribution in [3.8, 4) is 0 Å². The monoisotopic (exact) mass is 291 g/mol. The zero-order valence-electron chi connectivity index (χ0n) is 11.6. The average Bonchev–Trinajstić information content (AvgIpc) is 2.45. The van der Waals surface area contributed by atoms with Crippen LogP contribution in [-0.2, 0) is 0 Å². The number of nitro groups is 1. The van der Waals surface area contributed by atoms with Crippen LogP contribution in [0.2, 0.25) is 0 Å². The van der Waals surface area contributed by atoms with Crippen LogP contribution in [0.4, 0.5) is 16.2 Å². The molecule has 1 aromatic carbocycles. The van der Waals surface area contributed by atoms with Crippen molar-refractivity contribution in [1.29, 1.82) is 0 Å². The van der Waals surface area contributed by atoms with E-state index in [1.807, 2.05) is 0 Å². The van der Waals surface area contributed by atoms with Gasteiger partial charge in [-0.1, -0.05) is 0 Å². The highest BCUT2D eigenvalue weighted by Gasteiger charge is 2.46. The number of rotatable bonds is 2. The molecular formula is C14H17N3O4. The summed E-state index contributed by atoms with van der Waals surface area (Å²) in [6.45, 7) is 3.00. The van der Waals surface area contributed by atoms with Gasteiger partial charge in [0.1, 0.15) is 0 Å². The molecule has 7 nitrogen and oxygen atoms in total. The van der Waals surface area contributed by atoms with E-state index in [0.29, 0.717) is 13.1 Å². The molecule has 0 saturated carbocycles. The van der Waals surface area contributed by atoms with Crippen molar-refractivity contribution in [3.05, 3.63) is 34.4 Å². The van der Waals surface area contributed by atoms with E-state index in [9.17, 15) is 14.9 Å². The molecule has 0 radical (unpaired) electrons. The number of hydrogen-bond donors (Lipinski definition) is 1. The van der Waals surface area contributed by atoms with Gasteiger partial charge in [0.2, 0.25) is 0 Å². The molecule has 112 valence electrons. The summed E-state index contributed by atoms with van der Waals surface area (Å²) in [5.74, 6) is 0. The van der Waals surface area contributed by atoms with Crippen LogP contribution in [0.15, 0.2) is 24.3 Å². The van der Waals surface area contributed by atoms with Crippen LogP contribution >= 0.6 is 0 Å². The zero-order chi connectivity index (χ0) is 15.0. The second-order valence-corrected chi connectivity index (χ2v) is 5.90. The van der Waals surface area contributed by atoms with E-state index in [0.717, 1.165) is 31.6 Å². The Morgan fingerprint density at radius 2 is 1.76 bits per heavy atom. The van der Waals surface area contributed by atoms with Gasteiger partial charge in [-0.3, -0.25) is 10.1 Å². The number of likely N-dealkylation sites (tertiary alicyclic amines) is 1. The molecule has 0 aromatic heterocycles. The number of anilines is 1. The molecule has 1 amide bonds. The minimum absolute atomic E-state index is 0.100. The minimum Gasteiger partial charge on any atom is -0.465 e. The fourth-order valence-electron chi connectivity index (χ4n) is 3.24. The van der Waals surface area contributed by atoms with E-state index < -0.39 is 11.0 Å². The highest BCUT2D eigenvalue weighted by atomic mass is 16.6. The molecule has 0 aliphatic carbocycles. The zero-order valence-corrected chi connectivity index (χ0v) is 11.6. The number of benzene rings is 1. The summed E-state index contributed by atoms with van der Waals surface area (Å²) in [6, 6.07) is 6.60. The van der Waals surface area contributed by atoms with Crippen LogP contribution in [0.5, 0.6) is 0 Å². The highest BCUT2D eigenvalue weighted by Crippen LogP contribution is 2.41. The van der Waals surface area contributed by atoms with Crippen LogP contribution in [0.3, 0.4) is 0 Å². The molecule has 1 aromatic rings. The molecule has 0 atom stereocenters. The average molecular weight is 291 g/mol. The van der Waals surface area contributed by atoms with Gasteiger partial charge in [0.25, 0.3) is 5.69 Å². The first-order valence-corrected chi connectivity index (χ1v) is 6.96. The summed E-state index contributed by atoms with van der Waals surface area (Å²) in [7, 11) is 0. The van der Waals surface area contributed by atoms with Crippen molar-refractivity contribution in [1.82, 2.24) is 4.90 Å². The Labute approximate surface area is 121 Å². The first-order chi connectivity index (χ1) is 9.99. The molecule has 2 aliphatic heterocycles. The van der Waals surface area contributed by atoms with Gasteiger partial charge in [-0.25, -0.2) is 4.79 Å². The van der Waals surface area contributed by atoms with E-state index in [1.54, 1.807) is 12.1 Å². The number of hydrogen-bond acceptors (Lipinski definition) is 4. The molecule has 1 N–H and O–H groups in total. The number of nitro benzene ring substituents is 1. The lowest BCUT2D eigenvalue weighted by Gasteiger charge is -2.53. The van der Waals surface area contributed by atoms with E-state index in [2.05, 4.69) is 4.90 Å².